The molecule has 0 atom stereocenters. The number of carbonyl (C=O) groups is 1. The van der Waals surface area contributed by atoms with Gasteiger partial charge in [0.25, 0.3) is 0 Å². The normalized spacial score (nSPS) is 15.4. The van der Waals surface area contributed by atoms with Crippen LogP contribution >= 0.6 is 0 Å². The minimum absolute atomic E-state index is 0.352. The number of fused-ring (bicyclic) bond motifs is 1. The van der Waals surface area contributed by atoms with Crippen LogP contribution in [0.2, 0.25) is 0 Å². The first kappa shape index (κ1) is 12.2. The largest absolute Gasteiger partial charge is 0.465 e. The van der Waals surface area contributed by atoms with Crippen LogP contribution in [0.1, 0.15) is 35.3 Å². The van der Waals surface area contributed by atoms with Crippen LogP contribution in [0.25, 0.3) is 5.65 Å². The molecule has 5 heteroatoms. The molecule has 0 radical (unpaired) electrons. The van der Waals surface area contributed by atoms with Crippen LogP contribution in [0.5, 0.6) is 0 Å². The quantitative estimate of drug-likeness (QED) is 0.850. The van der Waals surface area contributed by atoms with E-state index < -0.39 is 0 Å². The lowest BCUT2D eigenvalue weighted by atomic mass is 9.93. The highest BCUT2D eigenvalue weighted by Crippen LogP contribution is 2.19. The van der Waals surface area contributed by atoms with E-state index in [2.05, 4.69) is 10.3 Å². The first-order chi connectivity index (χ1) is 9.28. The van der Waals surface area contributed by atoms with Crippen LogP contribution in [-0.4, -0.2) is 28.5 Å². The van der Waals surface area contributed by atoms with Gasteiger partial charge in [-0.3, -0.25) is 0 Å². The number of esters is 1. The highest BCUT2D eigenvalue weighted by molar-refractivity contribution is 5.95. The second kappa shape index (κ2) is 5.01. The zero-order valence-corrected chi connectivity index (χ0v) is 10.9. The van der Waals surface area contributed by atoms with Crippen molar-refractivity contribution < 1.29 is 9.53 Å². The molecule has 0 unspecified atom stereocenters. The Morgan fingerprint density at radius 1 is 1.58 bits per heavy atom. The minimum Gasteiger partial charge on any atom is -0.465 e. The molecule has 2 aromatic rings. The summed E-state index contributed by atoms with van der Waals surface area (Å²) in [5, 5.41) is 3.47. The molecule has 1 aliphatic carbocycles. The average molecular weight is 259 g/mol. The number of nitrogens with zero attached hydrogens (tertiary/aromatic N) is 2. The van der Waals surface area contributed by atoms with Crippen LogP contribution in [0, 0.1) is 0 Å². The Hall–Kier alpha value is -1.88. The van der Waals surface area contributed by atoms with Gasteiger partial charge >= 0.3 is 5.97 Å². The fourth-order valence-corrected chi connectivity index (χ4v) is 2.28. The number of rotatable bonds is 4. The molecular formula is C14H17N3O2. The molecule has 1 saturated carbocycles. The van der Waals surface area contributed by atoms with E-state index in [1.165, 1.54) is 26.4 Å². The minimum atomic E-state index is -0.352. The van der Waals surface area contributed by atoms with Gasteiger partial charge in [-0.2, -0.15) is 0 Å². The van der Waals surface area contributed by atoms with Gasteiger partial charge in [-0.25, -0.2) is 9.78 Å². The third-order valence-electron chi connectivity index (χ3n) is 3.61. The molecule has 5 nitrogen and oxygen atoms in total. The number of pyridine rings is 1. The van der Waals surface area contributed by atoms with Crippen LogP contribution in [0.4, 0.5) is 0 Å². The fraction of sp³-hybridized carbons (Fsp3) is 0.429. The fourth-order valence-electron chi connectivity index (χ4n) is 2.28. The van der Waals surface area contributed by atoms with Crippen molar-refractivity contribution in [2.75, 3.05) is 7.11 Å². The van der Waals surface area contributed by atoms with Crippen molar-refractivity contribution in [2.24, 2.45) is 0 Å². The highest BCUT2D eigenvalue weighted by atomic mass is 16.5. The van der Waals surface area contributed by atoms with Gasteiger partial charge in [-0.15, -0.1) is 0 Å². The molecule has 19 heavy (non-hydrogen) atoms. The standard InChI is InChI=1S/C14H17N3O2/c1-19-14(18)12-6-3-7-17-9-11(16-13(12)17)8-15-10-4-2-5-10/h3,6-7,9-10,15H,2,4-5,8H2,1H3. The number of carbonyl (C=O) groups excluding carboxylic acids is 1. The maximum atomic E-state index is 11.7. The van der Waals surface area contributed by atoms with Crippen LogP contribution in [0.15, 0.2) is 24.5 Å². The zero-order valence-electron chi connectivity index (χ0n) is 10.9. The van der Waals surface area contributed by atoms with Crippen molar-refractivity contribution >= 4 is 11.6 Å². The summed E-state index contributed by atoms with van der Waals surface area (Å²) in [6, 6.07) is 4.19. The van der Waals surface area contributed by atoms with E-state index in [-0.39, 0.29) is 5.97 Å². The SMILES string of the molecule is COC(=O)c1cccn2cc(CNC3CCC3)nc12. The highest BCUT2D eigenvalue weighted by Gasteiger charge is 2.17. The summed E-state index contributed by atoms with van der Waals surface area (Å²) >= 11 is 0. The van der Waals surface area contributed by atoms with Crippen molar-refractivity contribution in [2.45, 2.75) is 31.8 Å². The summed E-state index contributed by atoms with van der Waals surface area (Å²) in [6.45, 7) is 0.743. The van der Waals surface area contributed by atoms with Crippen molar-refractivity contribution in [3.63, 3.8) is 0 Å². The van der Waals surface area contributed by atoms with Gasteiger partial charge in [0.15, 0.2) is 5.65 Å². The number of nitrogens with one attached hydrogen (secondary N) is 1. The first-order valence-corrected chi connectivity index (χ1v) is 6.56. The molecule has 2 aromatic heterocycles. The predicted octanol–water partition coefficient (Wildman–Crippen LogP) is 1.76. The Morgan fingerprint density at radius 2 is 2.42 bits per heavy atom. The number of ether oxygens (including phenoxy) is 1. The number of methoxy groups -OCH3 is 1. The van der Waals surface area contributed by atoms with Crippen molar-refractivity contribution in [1.29, 1.82) is 0 Å². The van der Waals surface area contributed by atoms with E-state index in [9.17, 15) is 4.79 Å². The zero-order chi connectivity index (χ0) is 13.2. The molecule has 0 amide bonds. The monoisotopic (exact) mass is 259 g/mol. The lowest BCUT2D eigenvalue weighted by Crippen LogP contribution is -2.34. The maximum Gasteiger partial charge on any atom is 0.341 e. The predicted molar refractivity (Wildman–Crippen MR) is 71.0 cm³/mol. The molecule has 0 spiro atoms. The Morgan fingerprint density at radius 3 is 3.11 bits per heavy atom. The molecule has 0 saturated heterocycles. The molecule has 3 rings (SSSR count). The third kappa shape index (κ3) is 2.33. The number of hydrogen-bond donors (Lipinski definition) is 1. The van der Waals surface area contributed by atoms with Gasteiger partial charge in [0, 0.05) is 25.0 Å². The molecule has 100 valence electrons. The van der Waals surface area contributed by atoms with Crippen LogP contribution < -0.4 is 5.32 Å². The van der Waals surface area contributed by atoms with E-state index >= 15 is 0 Å². The second-order valence-electron chi connectivity index (χ2n) is 4.89. The molecule has 0 aliphatic heterocycles. The van der Waals surface area contributed by atoms with Crippen LogP contribution in [-0.2, 0) is 11.3 Å². The number of imidazole rings is 1. The summed E-state index contributed by atoms with van der Waals surface area (Å²) < 4.78 is 6.64. The molecule has 2 heterocycles. The number of hydrogen-bond acceptors (Lipinski definition) is 4. The van der Waals surface area contributed by atoms with Crippen molar-refractivity contribution in [3.8, 4) is 0 Å². The first-order valence-electron chi connectivity index (χ1n) is 6.56. The van der Waals surface area contributed by atoms with E-state index in [0.29, 0.717) is 17.3 Å². The van der Waals surface area contributed by atoms with Gasteiger partial charge in [0.2, 0.25) is 0 Å². The van der Waals surface area contributed by atoms with Gasteiger partial charge in [0.05, 0.1) is 12.8 Å². The average Bonchev–Trinajstić information content (AvgIpc) is 2.78. The van der Waals surface area contributed by atoms with Gasteiger partial charge < -0.3 is 14.5 Å². The van der Waals surface area contributed by atoms with E-state index in [0.717, 1.165) is 12.2 Å². The topological polar surface area (TPSA) is 55.6 Å². The van der Waals surface area contributed by atoms with Crippen molar-refractivity contribution in [1.82, 2.24) is 14.7 Å². The number of aromatic nitrogens is 2. The Bertz CT molecular complexity index is 602. The Labute approximate surface area is 111 Å². The molecule has 0 bridgehead atoms. The molecular weight excluding hydrogens is 242 g/mol. The molecule has 0 aromatic carbocycles. The van der Waals surface area contributed by atoms with Gasteiger partial charge in [0.1, 0.15) is 5.56 Å². The van der Waals surface area contributed by atoms with E-state index in [1.54, 1.807) is 6.07 Å². The molecule has 1 fully saturated rings. The lowest BCUT2D eigenvalue weighted by Gasteiger charge is -2.26. The Balaban J connectivity index is 1.84. The van der Waals surface area contributed by atoms with Crippen LogP contribution in [0.3, 0.4) is 0 Å². The smallest absolute Gasteiger partial charge is 0.341 e. The summed E-state index contributed by atoms with van der Waals surface area (Å²) in [6.07, 6.45) is 7.66. The summed E-state index contributed by atoms with van der Waals surface area (Å²) in [7, 11) is 1.38. The van der Waals surface area contributed by atoms with E-state index in [4.69, 9.17) is 4.74 Å². The summed E-state index contributed by atoms with van der Waals surface area (Å²) in [5.41, 5.74) is 2.10. The maximum absolute atomic E-state index is 11.7. The summed E-state index contributed by atoms with van der Waals surface area (Å²) in [5.74, 6) is -0.352. The van der Waals surface area contributed by atoms with E-state index in [1.807, 2.05) is 22.9 Å². The third-order valence-corrected chi connectivity index (χ3v) is 3.61. The van der Waals surface area contributed by atoms with Crippen molar-refractivity contribution in [3.05, 3.63) is 35.8 Å². The molecule has 1 aliphatic rings. The van der Waals surface area contributed by atoms with Gasteiger partial charge in [-0.1, -0.05) is 6.42 Å². The second-order valence-corrected chi connectivity index (χ2v) is 4.89. The Kier molecular flexibility index (Phi) is 3.21. The molecule has 1 N–H and O–H groups in total. The summed E-state index contributed by atoms with van der Waals surface area (Å²) in [4.78, 5) is 16.2. The van der Waals surface area contributed by atoms with Gasteiger partial charge in [-0.05, 0) is 25.0 Å². The lowest BCUT2D eigenvalue weighted by molar-refractivity contribution is 0.0602.